The monoisotopic (exact) mass is 569 g/mol. The van der Waals surface area contributed by atoms with Crippen molar-refractivity contribution in [1.29, 1.82) is 0 Å². The normalized spacial score (nSPS) is 10.9. The van der Waals surface area contributed by atoms with Crippen LogP contribution >= 0.6 is 15.9 Å². The number of aromatic nitrogens is 3. The molecular formula is C29H24BrN5O3. The minimum atomic E-state index is -0.248. The Hall–Kier alpha value is -4.50. The molecule has 0 aliphatic carbocycles. The van der Waals surface area contributed by atoms with Gasteiger partial charge >= 0.3 is 0 Å². The maximum Gasteiger partial charge on any atom is 0.255 e. The summed E-state index contributed by atoms with van der Waals surface area (Å²) >= 11 is 3.40. The highest BCUT2D eigenvalue weighted by atomic mass is 79.9. The Morgan fingerprint density at radius 3 is 2.55 bits per heavy atom. The summed E-state index contributed by atoms with van der Waals surface area (Å²) in [6.07, 6.45) is 1.46. The van der Waals surface area contributed by atoms with Gasteiger partial charge in [0.15, 0.2) is 11.4 Å². The van der Waals surface area contributed by atoms with Crippen LogP contribution in [0.5, 0.6) is 17.2 Å². The van der Waals surface area contributed by atoms with Gasteiger partial charge in [0.2, 0.25) is 0 Å². The SMILES string of the molecule is CC(C)c1ccc2c(Nc3cc(NC(=O)c4cccc(Br)c4)ccc3Oc3ccc(O)cc3)ncnc2n1. The van der Waals surface area contributed by atoms with Crippen molar-refractivity contribution in [3.8, 4) is 17.2 Å². The number of phenols is 1. The van der Waals surface area contributed by atoms with Gasteiger partial charge in [0.25, 0.3) is 5.91 Å². The van der Waals surface area contributed by atoms with E-state index in [1.54, 1.807) is 60.7 Å². The molecule has 38 heavy (non-hydrogen) atoms. The molecule has 0 saturated carbocycles. The van der Waals surface area contributed by atoms with Gasteiger partial charge in [-0.3, -0.25) is 4.79 Å². The number of hydrogen-bond acceptors (Lipinski definition) is 7. The number of nitrogens with zero attached hydrogens (tertiary/aromatic N) is 3. The molecule has 190 valence electrons. The van der Waals surface area contributed by atoms with Crippen molar-refractivity contribution >= 4 is 50.1 Å². The smallest absolute Gasteiger partial charge is 0.255 e. The summed E-state index contributed by atoms with van der Waals surface area (Å²) in [6, 6.07) is 22.8. The number of carbonyl (C=O) groups is 1. The van der Waals surface area contributed by atoms with Crippen LogP contribution in [0.1, 0.15) is 35.8 Å². The van der Waals surface area contributed by atoms with E-state index in [1.807, 2.05) is 18.2 Å². The van der Waals surface area contributed by atoms with E-state index in [0.29, 0.717) is 39.9 Å². The van der Waals surface area contributed by atoms with E-state index in [-0.39, 0.29) is 17.6 Å². The fourth-order valence-corrected chi connectivity index (χ4v) is 4.17. The second-order valence-corrected chi connectivity index (χ2v) is 9.80. The molecule has 3 N–H and O–H groups in total. The summed E-state index contributed by atoms with van der Waals surface area (Å²) in [6.45, 7) is 4.16. The van der Waals surface area contributed by atoms with Crippen LogP contribution < -0.4 is 15.4 Å². The number of carbonyl (C=O) groups excluding carboxylic acids is 1. The van der Waals surface area contributed by atoms with E-state index in [0.717, 1.165) is 15.6 Å². The van der Waals surface area contributed by atoms with Crippen LogP contribution in [0, 0.1) is 0 Å². The number of benzene rings is 3. The Morgan fingerprint density at radius 1 is 0.974 bits per heavy atom. The van der Waals surface area contributed by atoms with E-state index in [4.69, 9.17) is 4.74 Å². The third-order valence-corrected chi connectivity index (χ3v) is 6.25. The van der Waals surface area contributed by atoms with E-state index in [9.17, 15) is 9.90 Å². The quantitative estimate of drug-likeness (QED) is 0.187. The molecule has 0 atom stereocenters. The highest BCUT2D eigenvalue weighted by Crippen LogP contribution is 2.36. The van der Waals surface area contributed by atoms with Crippen molar-refractivity contribution in [3.63, 3.8) is 0 Å². The summed E-state index contributed by atoms with van der Waals surface area (Å²) < 4.78 is 6.92. The third kappa shape index (κ3) is 5.73. The van der Waals surface area contributed by atoms with Gasteiger partial charge in [-0.1, -0.05) is 35.8 Å². The topological polar surface area (TPSA) is 109 Å². The van der Waals surface area contributed by atoms with Crippen LogP contribution in [0.2, 0.25) is 0 Å². The molecule has 0 fully saturated rings. The van der Waals surface area contributed by atoms with Gasteiger partial charge in [-0.25, -0.2) is 15.0 Å². The zero-order valence-corrected chi connectivity index (χ0v) is 22.2. The first-order valence-corrected chi connectivity index (χ1v) is 12.7. The van der Waals surface area contributed by atoms with Crippen molar-refractivity contribution in [2.24, 2.45) is 0 Å². The number of halogens is 1. The van der Waals surface area contributed by atoms with Crippen molar-refractivity contribution < 1.29 is 14.6 Å². The average Bonchev–Trinajstić information content (AvgIpc) is 2.91. The molecule has 0 saturated heterocycles. The Balaban J connectivity index is 1.51. The number of rotatable bonds is 7. The number of ether oxygens (including phenoxy) is 1. The molecule has 2 heterocycles. The number of anilines is 3. The number of fused-ring (bicyclic) bond motifs is 1. The van der Waals surface area contributed by atoms with Gasteiger partial charge in [0.1, 0.15) is 23.6 Å². The first-order chi connectivity index (χ1) is 18.4. The standard InChI is InChI=1S/C29H24BrN5O3/c1-17(2)24-12-11-23-27(34-24)31-16-32-28(23)35-25-15-20(33-29(37)18-4-3-5-19(30)14-18)6-13-26(25)38-22-9-7-21(36)8-10-22/h3-17,36H,1-2H3,(H,33,37)(H,31,32,34,35). The summed E-state index contributed by atoms with van der Waals surface area (Å²) in [5.41, 5.74) is 3.17. The van der Waals surface area contributed by atoms with Crippen LogP contribution in [-0.4, -0.2) is 26.0 Å². The first kappa shape index (κ1) is 25.2. The molecule has 3 aromatic carbocycles. The molecule has 9 heteroatoms. The van der Waals surface area contributed by atoms with Gasteiger partial charge < -0.3 is 20.5 Å². The minimum absolute atomic E-state index is 0.141. The summed E-state index contributed by atoms with van der Waals surface area (Å²) in [5.74, 6) is 1.73. The van der Waals surface area contributed by atoms with Crippen molar-refractivity contribution in [3.05, 3.63) is 101 Å². The van der Waals surface area contributed by atoms with E-state index in [2.05, 4.69) is 55.4 Å². The van der Waals surface area contributed by atoms with Crippen molar-refractivity contribution in [2.45, 2.75) is 19.8 Å². The lowest BCUT2D eigenvalue weighted by atomic mass is 10.1. The third-order valence-electron chi connectivity index (χ3n) is 5.75. The zero-order chi connectivity index (χ0) is 26.6. The summed E-state index contributed by atoms with van der Waals surface area (Å²) in [4.78, 5) is 26.3. The molecule has 0 bridgehead atoms. The Kier molecular flexibility index (Phi) is 7.19. The van der Waals surface area contributed by atoms with E-state index in [1.165, 1.54) is 6.33 Å². The van der Waals surface area contributed by atoms with Gasteiger partial charge in [0, 0.05) is 21.4 Å². The Bertz CT molecular complexity index is 1620. The predicted molar refractivity (Wildman–Crippen MR) is 151 cm³/mol. The van der Waals surface area contributed by atoms with Crippen LogP contribution in [0.4, 0.5) is 17.2 Å². The lowest BCUT2D eigenvalue weighted by molar-refractivity contribution is 0.102. The van der Waals surface area contributed by atoms with Crippen LogP contribution in [0.15, 0.2) is 89.7 Å². The number of hydrogen-bond donors (Lipinski definition) is 3. The first-order valence-electron chi connectivity index (χ1n) is 11.9. The van der Waals surface area contributed by atoms with E-state index >= 15 is 0 Å². The maximum absolute atomic E-state index is 12.9. The van der Waals surface area contributed by atoms with E-state index < -0.39 is 0 Å². The molecule has 0 radical (unpaired) electrons. The molecule has 5 rings (SSSR count). The van der Waals surface area contributed by atoms with Crippen molar-refractivity contribution in [1.82, 2.24) is 15.0 Å². The van der Waals surface area contributed by atoms with Crippen LogP contribution in [-0.2, 0) is 0 Å². The van der Waals surface area contributed by atoms with Crippen LogP contribution in [0.25, 0.3) is 11.0 Å². The fourth-order valence-electron chi connectivity index (χ4n) is 3.77. The lowest BCUT2D eigenvalue weighted by Gasteiger charge is -2.16. The zero-order valence-electron chi connectivity index (χ0n) is 20.6. The molecule has 0 unspecified atom stereocenters. The van der Waals surface area contributed by atoms with Crippen molar-refractivity contribution in [2.75, 3.05) is 10.6 Å². The summed E-state index contributed by atoms with van der Waals surface area (Å²) in [7, 11) is 0. The molecule has 0 aliphatic heterocycles. The molecule has 5 aromatic rings. The number of amides is 1. The lowest BCUT2D eigenvalue weighted by Crippen LogP contribution is -2.12. The Labute approximate surface area is 227 Å². The minimum Gasteiger partial charge on any atom is -0.508 e. The molecule has 0 spiro atoms. The average molecular weight is 570 g/mol. The molecular weight excluding hydrogens is 546 g/mol. The second-order valence-electron chi connectivity index (χ2n) is 8.88. The fraction of sp³-hybridized carbons (Fsp3) is 0.103. The summed E-state index contributed by atoms with van der Waals surface area (Å²) in [5, 5.41) is 16.6. The highest BCUT2D eigenvalue weighted by Gasteiger charge is 2.14. The molecule has 0 aliphatic rings. The van der Waals surface area contributed by atoms with Gasteiger partial charge in [-0.2, -0.15) is 0 Å². The number of phenolic OH excluding ortho intramolecular Hbond substituents is 1. The van der Waals surface area contributed by atoms with Crippen LogP contribution in [0.3, 0.4) is 0 Å². The van der Waals surface area contributed by atoms with Gasteiger partial charge in [0.05, 0.1) is 11.1 Å². The molecule has 8 nitrogen and oxygen atoms in total. The predicted octanol–water partition coefficient (Wildman–Crippen LogP) is 7.40. The number of aromatic hydroxyl groups is 1. The number of pyridine rings is 1. The van der Waals surface area contributed by atoms with Gasteiger partial charge in [-0.05, 0) is 78.7 Å². The van der Waals surface area contributed by atoms with Gasteiger partial charge in [-0.15, -0.1) is 0 Å². The molecule has 2 aromatic heterocycles. The number of nitrogens with one attached hydrogen (secondary N) is 2. The Morgan fingerprint density at radius 2 is 1.79 bits per heavy atom. The highest BCUT2D eigenvalue weighted by molar-refractivity contribution is 9.10. The largest absolute Gasteiger partial charge is 0.508 e. The second kappa shape index (κ2) is 10.9. The maximum atomic E-state index is 12.9. The molecule has 1 amide bonds.